The number of aryl methyl sites for hydroxylation is 2. The Kier molecular flexibility index (Phi) is 3.42. The van der Waals surface area contributed by atoms with Crippen molar-refractivity contribution in [1.29, 1.82) is 0 Å². The molecule has 0 aliphatic rings. The van der Waals surface area contributed by atoms with Crippen molar-refractivity contribution in [1.82, 2.24) is 0 Å². The van der Waals surface area contributed by atoms with Gasteiger partial charge in [0, 0.05) is 16.9 Å². The molecule has 0 aliphatic carbocycles. The second-order valence-corrected chi connectivity index (χ2v) is 4.53. The molecule has 2 aromatic rings. The van der Waals surface area contributed by atoms with Gasteiger partial charge in [-0.1, -0.05) is 0 Å². The molecule has 0 aromatic heterocycles. The van der Waals surface area contributed by atoms with Crippen molar-refractivity contribution in [2.24, 2.45) is 0 Å². The molecular weight excluding hydrogens is 240 g/mol. The van der Waals surface area contributed by atoms with E-state index in [2.05, 4.69) is 5.32 Å². The number of hydrogen-bond acceptors (Lipinski definition) is 3. The quantitative estimate of drug-likeness (QED) is 0.723. The molecule has 2 rings (SSSR count). The van der Waals surface area contributed by atoms with Gasteiger partial charge in [-0.05, 0) is 61.4 Å². The topological polar surface area (TPSA) is 75.3 Å². The molecule has 4 nitrogen and oxygen atoms in total. The Morgan fingerprint density at radius 1 is 1.11 bits per heavy atom. The molecule has 0 saturated heterocycles. The van der Waals surface area contributed by atoms with Crippen molar-refractivity contribution in [3.8, 4) is 5.75 Å². The van der Waals surface area contributed by atoms with E-state index in [4.69, 9.17) is 5.73 Å². The first kappa shape index (κ1) is 13.0. The second-order valence-electron chi connectivity index (χ2n) is 4.53. The van der Waals surface area contributed by atoms with Gasteiger partial charge < -0.3 is 16.2 Å². The number of rotatable bonds is 2. The highest BCUT2D eigenvalue weighted by molar-refractivity contribution is 6.05. The van der Waals surface area contributed by atoms with Gasteiger partial charge in [-0.3, -0.25) is 4.79 Å². The zero-order valence-electron chi connectivity index (χ0n) is 10.9. The third-order valence-corrected chi connectivity index (χ3v) is 2.95. The highest BCUT2D eigenvalue weighted by atomic mass is 16.3. The number of carbonyl (C=O) groups is 1. The minimum atomic E-state index is -0.203. The number of anilines is 2. The number of aromatic hydroxyl groups is 1. The van der Waals surface area contributed by atoms with Crippen LogP contribution in [-0.4, -0.2) is 11.0 Å². The normalized spacial score (nSPS) is 10.2. The van der Waals surface area contributed by atoms with E-state index >= 15 is 0 Å². The van der Waals surface area contributed by atoms with Crippen LogP contribution in [0.3, 0.4) is 0 Å². The van der Waals surface area contributed by atoms with Gasteiger partial charge in [0.15, 0.2) is 0 Å². The van der Waals surface area contributed by atoms with Gasteiger partial charge >= 0.3 is 0 Å². The lowest BCUT2D eigenvalue weighted by molar-refractivity contribution is 0.102. The number of nitrogens with one attached hydrogen (secondary N) is 1. The summed E-state index contributed by atoms with van der Waals surface area (Å²) in [5, 5.41) is 12.2. The van der Waals surface area contributed by atoms with Gasteiger partial charge in [0.1, 0.15) is 5.75 Å². The van der Waals surface area contributed by atoms with Crippen LogP contribution in [-0.2, 0) is 0 Å². The zero-order valence-corrected chi connectivity index (χ0v) is 10.9. The molecule has 0 atom stereocenters. The average Bonchev–Trinajstić information content (AvgIpc) is 2.32. The summed E-state index contributed by atoms with van der Waals surface area (Å²) in [6.07, 6.45) is 0. The molecule has 0 fully saturated rings. The van der Waals surface area contributed by atoms with E-state index in [0.29, 0.717) is 11.3 Å². The fourth-order valence-corrected chi connectivity index (χ4v) is 1.92. The summed E-state index contributed by atoms with van der Waals surface area (Å²) in [5.74, 6) is -0.0527. The van der Waals surface area contributed by atoms with Crippen LogP contribution in [0.1, 0.15) is 21.5 Å². The molecule has 0 bridgehead atoms. The predicted molar refractivity (Wildman–Crippen MR) is 76.4 cm³/mol. The van der Waals surface area contributed by atoms with Gasteiger partial charge in [0.25, 0.3) is 5.91 Å². The fourth-order valence-electron chi connectivity index (χ4n) is 1.92. The third-order valence-electron chi connectivity index (χ3n) is 2.95. The lowest BCUT2D eigenvalue weighted by Gasteiger charge is -2.10. The molecule has 1 amide bonds. The lowest BCUT2D eigenvalue weighted by Crippen LogP contribution is -2.14. The molecule has 2 aromatic carbocycles. The number of phenols is 1. The summed E-state index contributed by atoms with van der Waals surface area (Å²) in [6, 6.07) is 9.99. The van der Waals surface area contributed by atoms with Crippen LogP contribution in [0.15, 0.2) is 36.4 Å². The smallest absolute Gasteiger partial charge is 0.255 e. The Bertz CT molecular complexity index is 636. The summed E-state index contributed by atoms with van der Waals surface area (Å²) in [6.45, 7) is 3.67. The maximum atomic E-state index is 12.2. The zero-order chi connectivity index (χ0) is 14.0. The van der Waals surface area contributed by atoms with Gasteiger partial charge in [0.05, 0.1) is 0 Å². The van der Waals surface area contributed by atoms with Crippen LogP contribution >= 0.6 is 0 Å². The number of amides is 1. The van der Waals surface area contributed by atoms with E-state index < -0.39 is 0 Å². The number of nitrogens with two attached hydrogens (primary N) is 1. The molecular formula is C15H16N2O2. The summed E-state index contributed by atoms with van der Waals surface area (Å²) in [4.78, 5) is 12.2. The van der Waals surface area contributed by atoms with Gasteiger partial charge in [-0.2, -0.15) is 0 Å². The molecule has 19 heavy (non-hydrogen) atoms. The van der Waals surface area contributed by atoms with E-state index in [0.717, 1.165) is 16.8 Å². The summed E-state index contributed by atoms with van der Waals surface area (Å²) >= 11 is 0. The molecule has 0 saturated carbocycles. The van der Waals surface area contributed by atoms with Gasteiger partial charge in [-0.25, -0.2) is 0 Å². The van der Waals surface area contributed by atoms with Gasteiger partial charge in [-0.15, -0.1) is 0 Å². The van der Waals surface area contributed by atoms with Crippen molar-refractivity contribution in [3.05, 3.63) is 53.1 Å². The summed E-state index contributed by atoms with van der Waals surface area (Å²) < 4.78 is 0. The first-order chi connectivity index (χ1) is 8.97. The van der Waals surface area contributed by atoms with Gasteiger partial charge in [0.2, 0.25) is 0 Å². The first-order valence-corrected chi connectivity index (χ1v) is 5.94. The Morgan fingerprint density at radius 3 is 2.47 bits per heavy atom. The van der Waals surface area contributed by atoms with E-state index in [1.807, 2.05) is 6.92 Å². The van der Waals surface area contributed by atoms with Crippen LogP contribution < -0.4 is 11.1 Å². The van der Waals surface area contributed by atoms with Crippen LogP contribution in [0.25, 0.3) is 0 Å². The number of phenolic OH excluding ortho intramolecular Hbond substituents is 1. The Morgan fingerprint density at radius 2 is 1.84 bits per heavy atom. The average molecular weight is 256 g/mol. The van der Waals surface area contributed by atoms with Crippen molar-refractivity contribution >= 4 is 17.3 Å². The van der Waals surface area contributed by atoms with Crippen LogP contribution in [0, 0.1) is 13.8 Å². The van der Waals surface area contributed by atoms with Crippen LogP contribution in [0.5, 0.6) is 5.75 Å². The van der Waals surface area contributed by atoms with Crippen molar-refractivity contribution in [2.75, 3.05) is 11.1 Å². The molecule has 0 spiro atoms. The predicted octanol–water partition coefficient (Wildman–Crippen LogP) is 2.84. The molecule has 0 heterocycles. The number of benzene rings is 2. The minimum absolute atomic E-state index is 0.151. The molecule has 0 unspecified atom stereocenters. The Balaban J connectivity index is 2.25. The number of hydrogen-bond donors (Lipinski definition) is 3. The summed E-state index contributed by atoms with van der Waals surface area (Å²) in [7, 11) is 0. The van der Waals surface area contributed by atoms with E-state index in [1.54, 1.807) is 37.3 Å². The van der Waals surface area contributed by atoms with Crippen molar-refractivity contribution in [3.63, 3.8) is 0 Å². The lowest BCUT2D eigenvalue weighted by atomic mass is 10.1. The second kappa shape index (κ2) is 5.02. The monoisotopic (exact) mass is 256 g/mol. The molecule has 4 N–H and O–H groups in total. The highest BCUT2D eigenvalue weighted by Gasteiger charge is 2.10. The largest absolute Gasteiger partial charge is 0.508 e. The maximum absolute atomic E-state index is 12.2. The maximum Gasteiger partial charge on any atom is 0.255 e. The molecule has 98 valence electrons. The number of nitrogen functional groups attached to an aromatic ring is 1. The third kappa shape index (κ3) is 2.85. The number of carbonyl (C=O) groups excluding carboxylic acids is 1. The van der Waals surface area contributed by atoms with Crippen LogP contribution in [0.2, 0.25) is 0 Å². The highest BCUT2D eigenvalue weighted by Crippen LogP contribution is 2.20. The van der Waals surface area contributed by atoms with Crippen molar-refractivity contribution < 1.29 is 9.90 Å². The molecule has 0 radical (unpaired) electrons. The first-order valence-electron chi connectivity index (χ1n) is 5.94. The standard InChI is InChI=1S/C15H16N2O2/c1-9-8-12(18)4-5-13(9)15(19)17-14-6-3-11(16)7-10(14)2/h3-8,18H,16H2,1-2H3,(H,17,19). The fraction of sp³-hybridized carbons (Fsp3) is 0.133. The summed E-state index contributed by atoms with van der Waals surface area (Å²) in [5.41, 5.74) is 9.23. The van der Waals surface area contributed by atoms with E-state index in [9.17, 15) is 9.90 Å². The SMILES string of the molecule is Cc1cc(N)ccc1NC(=O)c1ccc(O)cc1C. The van der Waals surface area contributed by atoms with Crippen molar-refractivity contribution in [2.45, 2.75) is 13.8 Å². The Labute approximate surface area is 111 Å². The van der Waals surface area contributed by atoms with Crippen LogP contribution in [0.4, 0.5) is 11.4 Å². The van der Waals surface area contributed by atoms with E-state index in [-0.39, 0.29) is 11.7 Å². The minimum Gasteiger partial charge on any atom is -0.508 e. The molecule has 0 aliphatic heterocycles. The Hall–Kier alpha value is -2.49. The molecule has 4 heteroatoms. The van der Waals surface area contributed by atoms with E-state index in [1.165, 1.54) is 6.07 Å².